The maximum absolute atomic E-state index is 12.6. The van der Waals surface area contributed by atoms with E-state index >= 15 is 0 Å². The number of hydrogen-bond donors (Lipinski definition) is 0. The summed E-state index contributed by atoms with van der Waals surface area (Å²) in [6, 6.07) is 11.2. The minimum absolute atomic E-state index is 0.0819. The molecule has 0 spiro atoms. The van der Waals surface area contributed by atoms with Gasteiger partial charge in [0.25, 0.3) is 0 Å². The number of benzene rings is 1. The van der Waals surface area contributed by atoms with Crippen LogP contribution in [0.15, 0.2) is 43.1 Å². The van der Waals surface area contributed by atoms with Crippen LogP contribution in [-0.4, -0.2) is 81.6 Å². The lowest BCUT2D eigenvalue weighted by Gasteiger charge is -2.40. The molecule has 0 N–H and O–H groups in total. The monoisotopic (exact) mass is 575 g/mol. The maximum Gasteiger partial charge on any atom is 0.319 e. The van der Waals surface area contributed by atoms with Gasteiger partial charge in [0.15, 0.2) is 5.82 Å². The number of ether oxygens (including phenoxy) is 1. The molecule has 9 nitrogen and oxygen atoms in total. The van der Waals surface area contributed by atoms with Gasteiger partial charge in [-0.15, -0.1) is 0 Å². The predicted molar refractivity (Wildman–Crippen MR) is 164 cm³/mol. The fraction of sp³-hybridized carbons (Fsp3) is 0.500. The second-order valence-corrected chi connectivity index (χ2v) is 13.0. The number of carbonyl (C=O) groups excluding carboxylic acids is 1. The largest absolute Gasteiger partial charge is 0.461 e. The number of pyridine rings is 1. The molecule has 220 valence electrons. The quantitative estimate of drug-likeness (QED) is 0.381. The zero-order valence-corrected chi connectivity index (χ0v) is 24.5. The number of fused-ring (bicyclic) bond motifs is 5. The third-order valence-electron chi connectivity index (χ3n) is 10.6. The SMILES string of the molecule is C=CC(=O)N1CCN(c2nc(OCC34CCCN3CCC4)nc3cc(-c4cccc5c4[C@H]4C[C@H]4C5)cnc23)C[C@@H]1CC#N. The fourth-order valence-corrected chi connectivity index (χ4v) is 8.40. The Balaban J connectivity index is 1.18. The standard InChI is InChI=1S/C34H37N7O2/c1-2-29(42)41-15-14-39(20-25(41)8-11-35)32-31-28(37-33(38-32)43-21-34-9-4-12-40(34)13-5-10-34)18-24(19-36-31)26-7-3-6-22-16-23-17-27(23)30(22)26/h2-3,6-7,18-19,23,25,27H,1,4-5,8-10,12-17,20-21H2/t23-,25+,27+/m1/s1. The summed E-state index contributed by atoms with van der Waals surface area (Å²) >= 11 is 0. The molecule has 43 heavy (non-hydrogen) atoms. The van der Waals surface area contributed by atoms with Gasteiger partial charge in [-0.1, -0.05) is 24.8 Å². The van der Waals surface area contributed by atoms with Gasteiger partial charge in [-0.3, -0.25) is 14.7 Å². The van der Waals surface area contributed by atoms with Crippen LogP contribution in [0.4, 0.5) is 5.82 Å². The van der Waals surface area contributed by atoms with Crippen molar-refractivity contribution in [2.75, 3.05) is 44.2 Å². The molecule has 4 fully saturated rings. The van der Waals surface area contributed by atoms with Gasteiger partial charge >= 0.3 is 6.01 Å². The Kier molecular flexibility index (Phi) is 6.37. The second-order valence-electron chi connectivity index (χ2n) is 13.0. The van der Waals surface area contributed by atoms with E-state index in [1.54, 1.807) is 4.90 Å². The number of nitriles is 1. The molecular formula is C34H37N7O2. The molecule has 3 saturated heterocycles. The lowest BCUT2D eigenvalue weighted by Crippen LogP contribution is -2.55. The second kappa shape index (κ2) is 10.3. The van der Waals surface area contributed by atoms with Crippen LogP contribution in [0.2, 0.25) is 0 Å². The van der Waals surface area contributed by atoms with Gasteiger partial charge in [0, 0.05) is 31.4 Å². The van der Waals surface area contributed by atoms with Crippen LogP contribution >= 0.6 is 0 Å². The summed E-state index contributed by atoms with van der Waals surface area (Å²) in [4.78, 5) is 33.9. The van der Waals surface area contributed by atoms with Gasteiger partial charge in [0.05, 0.1) is 29.6 Å². The molecule has 1 amide bonds. The molecule has 3 atom stereocenters. The average molecular weight is 576 g/mol. The number of aromatic nitrogens is 3. The van der Waals surface area contributed by atoms with Crippen LogP contribution in [-0.2, 0) is 11.2 Å². The molecule has 3 aromatic rings. The van der Waals surface area contributed by atoms with E-state index in [0.29, 0.717) is 49.5 Å². The first-order chi connectivity index (χ1) is 21.1. The number of amides is 1. The molecule has 2 aromatic heterocycles. The van der Waals surface area contributed by atoms with Crippen molar-refractivity contribution in [2.24, 2.45) is 5.92 Å². The van der Waals surface area contributed by atoms with Gasteiger partial charge in [-0.05, 0) is 92.3 Å². The van der Waals surface area contributed by atoms with Crippen molar-refractivity contribution in [2.45, 2.75) is 62.4 Å². The van der Waals surface area contributed by atoms with Crippen molar-refractivity contribution >= 4 is 22.8 Å². The highest BCUT2D eigenvalue weighted by molar-refractivity contribution is 5.90. The van der Waals surface area contributed by atoms with Crippen LogP contribution < -0.4 is 9.64 Å². The van der Waals surface area contributed by atoms with Crippen molar-refractivity contribution in [3.05, 3.63) is 54.2 Å². The molecule has 1 aromatic carbocycles. The van der Waals surface area contributed by atoms with Crippen LogP contribution in [0.3, 0.4) is 0 Å². The Bertz CT molecular complexity index is 1650. The van der Waals surface area contributed by atoms with Crippen molar-refractivity contribution in [3.63, 3.8) is 0 Å². The van der Waals surface area contributed by atoms with E-state index in [-0.39, 0.29) is 23.9 Å². The number of hydrogen-bond acceptors (Lipinski definition) is 8. The van der Waals surface area contributed by atoms with Crippen LogP contribution in [0, 0.1) is 17.2 Å². The normalized spacial score (nSPS) is 25.2. The molecular weight excluding hydrogens is 538 g/mol. The van der Waals surface area contributed by atoms with Crippen molar-refractivity contribution < 1.29 is 9.53 Å². The average Bonchev–Trinajstić information content (AvgIpc) is 3.32. The minimum atomic E-state index is -0.263. The lowest BCUT2D eigenvalue weighted by atomic mass is 9.95. The third kappa shape index (κ3) is 4.46. The highest BCUT2D eigenvalue weighted by Crippen LogP contribution is 2.58. The highest BCUT2D eigenvalue weighted by atomic mass is 16.5. The number of anilines is 1. The van der Waals surface area contributed by atoms with Crippen LogP contribution in [0.25, 0.3) is 22.2 Å². The van der Waals surface area contributed by atoms with E-state index in [1.165, 1.54) is 48.4 Å². The van der Waals surface area contributed by atoms with Crippen molar-refractivity contribution in [3.8, 4) is 23.2 Å². The van der Waals surface area contributed by atoms with Crippen LogP contribution in [0.1, 0.15) is 55.6 Å². The Labute approximate surface area is 252 Å². The minimum Gasteiger partial charge on any atom is -0.461 e. The van der Waals surface area contributed by atoms with E-state index < -0.39 is 0 Å². The highest BCUT2D eigenvalue weighted by Gasteiger charge is 2.47. The molecule has 3 aliphatic heterocycles. The van der Waals surface area contributed by atoms with Gasteiger partial charge in [0.1, 0.15) is 12.1 Å². The lowest BCUT2D eigenvalue weighted by molar-refractivity contribution is -0.128. The van der Waals surface area contributed by atoms with Crippen LogP contribution in [0.5, 0.6) is 6.01 Å². The summed E-state index contributed by atoms with van der Waals surface area (Å²) < 4.78 is 6.48. The summed E-state index contributed by atoms with van der Waals surface area (Å²) in [5.74, 6) is 2.03. The summed E-state index contributed by atoms with van der Waals surface area (Å²) in [5, 5.41) is 9.54. The van der Waals surface area contributed by atoms with Crippen molar-refractivity contribution in [1.82, 2.24) is 24.8 Å². The van der Waals surface area contributed by atoms with E-state index in [1.807, 2.05) is 6.20 Å². The van der Waals surface area contributed by atoms with Gasteiger partial charge < -0.3 is 14.5 Å². The molecule has 5 heterocycles. The molecule has 5 aliphatic rings. The molecule has 2 aliphatic carbocycles. The Morgan fingerprint density at radius 1 is 1.19 bits per heavy atom. The Morgan fingerprint density at radius 2 is 2.05 bits per heavy atom. The molecule has 0 unspecified atom stereocenters. The summed E-state index contributed by atoms with van der Waals surface area (Å²) in [5.41, 5.74) is 6.85. The fourth-order valence-electron chi connectivity index (χ4n) is 8.40. The number of rotatable bonds is 7. The third-order valence-corrected chi connectivity index (χ3v) is 10.6. The van der Waals surface area contributed by atoms with Gasteiger partial charge in [-0.25, -0.2) is 0 Å². The van der Waals surface area contributed by atoms with Gasteiger partial charge in [-0.2, -0.15) is 15.2 Å². The van der Waals surface area contributed by atoms with E-state index in [2.05, 4.69) is 46.7 Å². The van der Waals surface area contributed by atoms with E-state index in [0.717, 1.165) is 42.9 Å². The topological polar surface area (TPSA) is 98.5 Å². The molecule has 9 heteroatoms. The zero-order valence-electron chi connectivity index (χ0n) is 24.5. The molecule has 8 rings (SSSR count). The molecule has 0 bridgehead atoms. The molecule has 0 radical (unpaired) electrons. The number of piperazine rings is 1. The molecule has 1 saturated carbocycles. The smallest absolute Gasteiger partial charge is 0.319 e. The first-order valence-corrected chi connectivity index (χ1v) is 15.8. The van der Waals surface area contributed by atoms with Crippen molar-refractivity contribution in [1.29, 1.82) is 5.26 Å². The maximum atomic E-state index is 12.6. The predicted octanol–water partition coefficient (Wildman–Crippen LogP) is 4.48. The Hall–Kier alpha value is -4.03. The van der Waals surface area contributed by atoms with E-state index in [4.69, 9.17) is 19.7 Å². The van der Waals surface area contributed by atoms with Gasteiger partial charge in [0.2, 0.25) is 5.91 Å². The first kappa shape index (κ1) is 26.6. The Morgan fingerprint density at radius 3 is 2.86 bits per heavy atom. The van der Waals surface area contributed by atoms with E-state index in [9.17, 15) is 10.1 Å². The zero-order chi connectivity index (χ0) is 29.1. The summed E-state index contributed by atoms with van der Waals surface area (Å²) in [7, 11) is 0. The number of nitrogens with zero attached hydrogens (tertiary/aromatic N) is 7. The first-order valence-electron chi connectivity index (χ1n) is 15.8. The number of carbonyl (C=O) groups is 1. The summed E-state index contributed by atoms with van der Waals surface area (Å²) in [6.45, 7) is 8.05. The summed E-state index contributed by atoms with van der Waals surface area (Å²) in [6.07, 6.45) is 10.7.